The van der Waals surface area contributed by atoms with E-state index in [4.69, 9.17) is 4.74 Å². The topological polar surface area (TPSA) is 76.1 Å². The van der Waals surface area contributed by atoms with Gasteiger partial charge in [-0.05, 0) is 54.4 Å². The zero-order chi connectivity index (χ0) is 19.2. The first-order chi connectivity index (χ1) is 13.8. The lowest BCUT2D eigenvalue weighted by molar-refractivity contribution is 0.0950. The predicted molar refractivity (Wildman–Crippen MR) is 107 cm³/mol. The lowest BCUT2D eigenvalue weighted by Gasteiger charge is -2.16. The summed E-state index contributed by atoms with van der Waals surface area (Å²) in [6.07, 6.45) is 8.04. The molecule has 0 bridgehead atoms. The van der Waals surface area contributed by atoms with E-state index in [0.717, 1.165) is 42.0 Å². The summed E-state index contributed by atoms with van der Waals surface area (Å²) >= 11 is 0. The van der Waals surface area contributed by atoms with Crippen LogP contribution in [0.25, 0.3) is 11.1 Å². The maximum atomic E-state index is 12.7. The number of hydrogen-bond acceptors (Lipinski definition) is 5. The van der Waals surface area contributed by atoms with Gasteiger partial charge in [0.05, 0.1) is 6.20 Å². The fourth-order valence-corrected chi connectivity index (χ4v) is 3.23. The molecule has 6 nitrogen and oxygen atoms in total. The second-order valence-corrected chi connectivity index (χ2v) is 6.72. The Labute approximate surface area is 164 Å². The van der Waals surface area contributed by atoms with Gasteiger partial charge in [-0.1, -0.05) is 12.1 Å². The highest BCUT2D eigenvalue weighted by Gasteiger charge is 2.18. The van der Waals surface area contributed by atoms with Crippen molar-refractivity contribution >= 4 is 5.91 Å². The number of hydrogen-bond donors (Lipinski definition) is 2. The molecule has 1 atom stereocenters. The fourth-order valence-electron chi connectivity index (χ4n) is 3.23. The van der Waals surface area contributed by atoms with Crippen LogP contribution in [0.5, 0.6) is 5.75 Å². The van der Waals surface area contributed by atoms with Crippen molar-refractivity contribution in [3.63, 3.8) is 0 Å². The first-order valence-corrected chi connectivity index (χ1v) is 9.38. The van der Waals surface area contributed by atoms with Crippen LogP contribution in [0.4, 0.5) is 0 Å². The molecule has 1 aromatic carbocycles. The first-order valence-electron chi connectivity index (χ1n) is 9.38. The van der Waals surface area contributed by atoms with Gasteiger partial charge in [-0.2, -0.15) is 0 Å². The van der Waals surface area contributed by atoms with Crippen LogP contribution >= 0.6 is 0 Å². The third-order valence-corrected chi connectivity index (χ3v) is 4.76. The van der Waals surface area contributed by atoms with Crippen molar-refractivity contribution in [2.75, 3.05) is 13.1 Å². The van der Waals surface area contributed by atoms with Crippen molar-refractivity contribution in [3.8, 4) is 16.9 Å². The van der Waals surface area contributed by atoms with Gasteiger partial charge in [0, 0.05) is 42.8 Å². The SMILES string of the molecule is O=C(NCc1ccncc1O[C@H]1CCNC1)c1cccc(-c2ccncc2)c1. The number of nitrogens with zero attached hydrogens (tertiary/aromatic N) is 2. The van der Waals surface area contributed by atoms with E-state index in [-0.39, 0.29) is 12.0 Å². The fraction of sp³-hybridized carbons (Fsp3) is 0.227. The van der Waals surface area contributed by atoms with Gasteiger partial charge in [0.15, 0.2) is 0 Å². The van der Waals surface area contributed by atoms with Gasteiger partial charge in [-0.25, -0.2) is 0 Å². The number of ether oxygens (including phenoxy) is 1. The first kappa shape index (κ1) is 18.1. The molecule has 0 radical (unpaired) electrons. The molecular formula is C22H22N4O2. The molecule has 6 heteroatoms. The number of pyridine rings is 2. The van der Waals surface area contributed by atoms with Crippen LogP contribution in [0, 0.1) is 0 Å². The van der Waals surface area contributed by atoms with Gasteiger partial charge in [0.2, 0.25) is 0 Å². The molecule has 1 aliphatic rings. The Balaban J connectivity index is 1.44. The number of carbonyl (C=O) groups is 1. The molecule has 4 rings (SSSR count). The zero-order valence-corrected chi connectivity index (χ0v) is 15.5. The molecule has 2 N–H and O–H groups in total. The van der Waals surface area contributed by atoms with Crippen molar-refractivity contribution in [1.29, 1.82) is 0 Å². The Morgan fingerprint density at radius 2 is 1.96 bits per heavy atom. The maximum absolute atomic E-state index is 12.7. The maximum Gasteiger partial charge on any atom is 0.251 e. The average Bonchev–Trinajstić information content (AvgIpc) is 3.27. The summed E-state index contributed by atoms with van der Waals surface area (Å²) in [6.45, 7) is 2.18. The largest absolute Gasteiger partial charge is 0.487 e. The van der Waals surface area contributed by atoms with E-state index < -0.39 is 0 Å². The highest BCUT2D eigenvalue weighted by molar-refractivity contribution is 5.95. The third kappa shape index (κ3) is 4.35. The van der Waals surface area contributed by atoms with Crippen LogP contribution in [0.1, 0.15) is 22.3 Å². The van der Waals surface area contributed by atoms with Gasteiger partial charge >= 0.3 is 0 Å². The normalized spacial score (nSPS) is 15.9. The summed E-state index contributed by atoms with van der Waals surface area (Å²) in [6, 6.07) is 13.3. The van der Waals surface area contributed by atoms with Crippen molar-refractivity contribution in [2.45, 2.75) is 19.1 Å². The highest BCUT2D eigenvalue weighted by Crippen LogP contribution is 2.21. The molecule has 3 aromatic rings. The van der Waals surface area contributed by atoms with E-state index in [1.54, 1.807) is 24.8 Å². The van der Waals surface area contributed by atoms with E-state index in [2.05, 4.69) is 20.6 Å². The minimum absolute atomic E-state index is 0.124. The second-order valence-electron chi connectivity index (χ2n) is 6.72. The minimum Gasteiger partial charge on any atom is -0.487 e. The number of benzene rings is 1. The van der Waals surface area contributed by atoms with E-state index >= 15 is 0 Å². The molecule has 1 aliphatic heterocycles. The number of carbonyl (C=O) groups excluding carboxylic acids is 1. The Kier molecular flexibility index (Phi) is 5.58. The van der Waals surface area contributed by atoms with Gasteiger partial charge in [0.25, 0.3) is 5.91 Å². The van der Waals surface area contributed by atoms with E-state index in [1.165, 1.54) is 0 Å². The molecule has 3 heterocycles. The number of rotatable bonds is 6. The second kappa shape index (κ2) is 8.63. The summed E-state index contributed by atoms with van der Waals surface area (Å²) in [5.74, 6) is 0.600. The van der Waals surface area contributed by atoms with Crippen molar-refractivity contribution in [3.05, 3.63) is 78.4 Å². The van der Waals surface area contributed by atoms with Crippen LogP contribution in [0.15, 0.2) is 67.3 Å². The van der Waals surface area contributed by atoms with Gasteiger partial charge in [0.1, 0.15) is 11.9 Å². The lowest BCUT2D eigenvalue weighted by atomic mass is 10.0. The molecule has 0 aliphatic carbocycles. The Morgan fingerprint density at radius 1 is 1.11 bits per heavy atom. The number of nitrogens with one attached hydrogen (secondary N) is 2. The summed E-state index contributed by atoms with van der Waals surface area (Å²) in [5, 5.41) is 6.27. The standard InChI is InChI=1S/C22H22N4O2/c27-22(18-3-1-2-17(12-18)16-4-8-23-9-5-16)26-13-19-6-10-25-15-21(19)28-20-7-11-24-14-20/h1-6,8-10,12,15,20,24H,7,11,13-14H2,(H,26,27)/t20-/m0/s1. The quantitative estimate of drug-likeness (QED) is 0.694. The summed E-state index contributed by atoms with van der Waals surface area (Å²) in [7, 11) is 0. The molecule has 1 amide bonds. The zero-order valence-electron chi connectivity index (χ0n) is 15.5. The Morgan fingerprint density at radius 3 is 2.79 bits per heavy atom. The van der Waals surface area contributed by atoms with Crippen LogP contribution in [-0.2, 0) is 6.54 Å². The van der Waals surface area contributed by atoms with Gasteiger partial charge in [-0.3, -0.25) is 14.8 Å². The van der Waals surface area contributed by atoms with Gasteiger partial charge < -0.3 is 15.4 Å². The molecule has 28 heavy (non-hydrogen) atoms. The van der Waals surface area contributed by atoms with Crippen molar-refractivity contribution < 1.29 is 9.53 Å². The lowest BCUT2D eigenvalue weighted by Crippen LogP contribution is -2.24. The minimum atomic E-state index is -0.124. The molecule has 1 saturated heterocycles. The summed E-state index contributed by atoms with van der Waals surface area (Å²) in [5.41, 5.74) is 3.54. The Bertz CT molecular complexity index is 940. The van der Waals surface area contributed by atoms with Crippen LogP contribution < -0.4 is 15.4 Å². The van der Waals surface area contributed by atoms with E-state index in [0.29, 0.717) is 12.1 Å². The molecule has 2 aromatic heterocycles. The van der Waals surface area contributed by atoms with Crippen LogP contribution in [0.2, 0.25) is 0 Å². The van der Waals surface area contributed by atoms with Gasteiger partial charge in [-0.15, -0.1) is 0 Å². The van der Waals surface area contributed by atoms with Crippen LogP contribution in [-0.4, -0.2) is 35.1 Å². The summed E-state index contributed by atoms with van der Waals surface area (Å²) < 4.78 is 6.04. The third-order valence-electron chi connectivity index (χ3n) is 4.76. The Hall–Kier alpha value is -3.25. The molecule has 0 spiro atoms. The van der Waals surface area contributed by atoms with Crippen molar-refractivity contribution in [2.24, 2.45) is 0 Å². The predicted octanol–water partition coefficient (Wildman–Crippen LogP) is 2.81. The van der Waals surface area contributed by atoms with E-state index in [9.17, 15) is 4.79 Å². The molecule has 0 unspecified atom stereocenters. The van der Waals surface area contributed by atoms with Crippen molar-refractivity contribution in [1.82, 2.24) is 20.6 Å². The number of amides is 1. The molecular weight excluding hydrogens is 352 g/mol. The average molecular weight is 374 g/mol. The van der Waals surface area contributed by atoms with Crippen LogP contribution in [0.3, 0.4) is 0 Å². The molecule has 1 fully saturated rings. The smallest absolute Gasteiger partial charge is 0.251 e. The highest BCUT2D eigenvalue weighted by atomic mass is 16.5. The molecule has 0 saturated carbocycles. The number of aromatic nitrogens is 2. The molecule has 142 valence electrons. The summed E-state index contributed by atoms with van der Waals surface area (Å²) in [4.78, 5) is 20.9. The van der Waals surface area contributed by atoms with E-state index in [1.807, 2.05) is 42.5 Å². The monoisotopic (exact) mass is 374 g/mol.